The zero-order chi connectivity index (χ0) is 21.4. The third kappa shape index (κ3) is 3.89. The quantitative estimate of drug-likeness (QED) is 0.465. The van der Waals surface area contributed by atoms with E-state index < -0.39 is 0 Å². The van der Waals surface area contributed by atoms with Gasteiger partial charge in [-0.15, -0.1) is 0 Å². The molecule has 0 N–H and O–H groups in total. The van der Waals surface area contributed by atoms with E-state index in [1.54, 1.807) is 10.8 Å². The van der Waals surface area contributed by atoms with Gasteiger partial charge in [-0.1, -0.05) is 30.3 Å². The van der Waals surface area contributed by atoms with Crippen LogP contribution in [0.4, 0.5) is 0 Å². The fourth-order valence-electron chi connectivity index (χ4n) is 4.19. The van der Waals surface area contributed by atoms with Gasteiger partial charge in [0.05, 0.1) is 5.69 Å². The Morgan fingerprint density at radius 3 is 2.68 bits per heavy atom. The maximum absolute atomic E-state index is 12.7. The number of benzene rings is 2. The second-order valence-corrected chi connectivity index (χ2v) is 8.34. The van der Waals surface area contributed by atoms with Crippen LogP contribution in [-0.2, 0) is 19.6 Å². The second kappa shape index (κ2) is 8.08. The highest BCUT2D eigenvalue weighted by Crippen LogP contribution is 2.32. The number of fused-ring (bicyclic) bond motifs is 3. The van der Waals surface area contributed by atoms with E-state index in [1.807, 2.05) is 48.5 Å². The Labute approximate surface area is 181 Å². The van der Waals surface area contributed by atoms with Crippen LogP contribution in [0.15, 0.2) is 76.1 Å². The van der Waals surface area contributed by atoms with Crippen molar-refractivity contribution in [3.05, 3.63) is 94.1 Å². The van der Waals surface area contributed by atoms with Gasteiger partial charge < -0.3 is 9.15 Å². The highest BCUT2D eigenvalue weighted by molar-refractivity contribution is 5.84. The Bertz CT molecular complexity index is 1270. The maximum atomic E-state index is 12.7. The van der Waals surface area contributed by atoms with E-state index in [0.717, 1.165) is 47.5 Å². The number of rotatable bonds is 5. The number of hydrogen-bond donors (Lipinski definition) is 0. The number of hydrogen-bond acceptors (Lipinski definition) is 4. The topological polar surface area (TPSA) is 47.6 Å². The van der Waals surface area contributed by atoms with Gasteiger partial charge in [0, 0.05) is 54.8 Å². The largest absolute Gasteiger partial charge is 0.489 e. The normalized spacial score (nSPS) is 14.2. The number of nitrogens with zero attached hydrogens (tertiary/aromatic N) is 2. The van der Waals surface area contributed by atoms with Gasteiger partial charge in [0.1, 0.15) is 23.7 Å². The molecule has 1 aliphatic heterocycles. The first kappa shape index (κ1) is 19.6. The predicted octanol–water partition coefficient (Wildman–Crippen LogP) is 4.93. The van der Waals surface area contributed by atoms with Crippen molar-refractivity contribution in [1.82, 2.24) is 9.47 Å². The first-order valence-corrected chi connectivity index (χ1v) is 10.8. The Balaban J connectivity index is 1.40. The van der Waals surface area contributed by atoms with Crippen molar-refractivity contribution in [2.75, 3.05) is 6.54 Å². The lowest BCUT2D eigenvalue weighted by Gasteiger charge is -2.29. The molecule has 5 heteroatoms. The lowest BCUT2D eigenvalue weighted by molar-refractivity contribution is 0.196. The Kier molecular flexibility index (Phi) is 5.12. The van der Waals surface area contributed by atoms with Gasteiger partial charge in [0.15, 0.2) is 0 Å². The Morgan fingerprint density at radius 2 is 1.90 bits per heavy atom. The monoisotopic (exact) mass is 414 g/mol. The average molecular weight is 415 g/mol. The second-order valence-electron chi connectivity index (χ2n) is 8.34. The lowest BCUT2D eigenvalue weighted by atomic mass is 10.0. The van der Waals surface area contributed by atoms with Crippen LogP contribution in [0.5, 0.6) is 5.75 Å². The van der Waals surface area contributed by atoms with Gasteiger partial charge in [-0.2, -0.15) is 0 Å². The molecule has 0 unspecified atom stereocenters. The maximum Gasteiger partial charge on any atom is 0.258 e. The van der Waals surface area contributed by atoms with Crippen LogP contribution in [-0.4, -0.2) is 22.1 Å². The lowest BCUT2D eigenvalue weighted by Crippen LogP contribution is -2.35. The predicted molar refractivity (Wildman–Crippen MR) is 122 cm³/mol. The summed E-state index contributed by atoms with van der Waals surface area (Å²) in [7, 11) is 0. The third-order valence-electron chi connectivity index (χ3n) is 6.00. The zero-order valence-corrected chi connectivity index (χ0v) is 17.9. The summed E-state index contributed by atoms with van der Waals surface area (Å²) in [5, 5.41) is 1.14. The molecule has 0 amide bonds. The molecule has 2 aromatic carbocycles. The summed E-state index contributed by atoms with van der Waals surface area (Å²) in [6.45, 7) is 6.81. The average Bonchev–Trinajstić information content (AvgIpc) is 3.15. The molecular weight excluding hydrogens is 388 g/mol. The smallest absolute Gasteiger partial charge is 0.258 e. The highest BCUT2D eigenvalue weighted by Gasteiger charge is 2.24. The van der Waals surface area contributed by atoms with Gasteiger partial charge in [-0.05, 0) is 37.6 Å². The summed E-state index contributed by atoms with van der Waals surface area (Å²) in [5.41, 5.74) is 3.84. The van der Waals surface area contributed by atoms with E-state index in [0.29, 0.717) is 18.4 Å². The Morgan fingerprint density at radius 1 is 1.06 bits per heavy atom. The summed E-state index contributed by atoms with van der Waals surface area (Å²) >= 11 is 0. The van der Waals surface area contributed by atoms with Crippen molar-refractivity contribution in [2.24, 2.45) is 0 Å². The van der Waals surface area contributed by atoms with E-state index >= 15 is 0 Å². The van der Waals surface area contributed by atoms with Crippen LogP contribution >= 0.6 is 0 Å². The van der Waals surface area contributed by atoms with E-state index in [4.69, 9.17) is 9.15 Å². The first-order chi connectivity index (χ1) is 15.1. The molecule has 0 spiro atoms. The van der Waals surface area contributed by atoms with E-state index in [-0.39, 0.29) is 5.56 Å². The zero-order valence-electron chi connectivity index (χ0n) is 17.9. The number of ether oxygens (including phenoxy) is 1. The van der Waals surface area contributed by atoms with Gasteiger partial charge >= 0.3 is 0 Å². The molecule has 0 saturated heterocycles. The molecule has 0 bridgehead atoms. The van der Waals surface area contributed by atoms with Crippen molar-refractivity contribution in [3.8, 4) is 11.4 Å². The van der Waals surface area contributed by atoms with Crippen LogP contribution in [0.2, 0.25) is 0 Å². The molecule has 4 aromatic rings. The summed E-state index contributed by atoms with van der Waals surface area (Å²) in [5.74, 6) is 1.63. The highest BCUT2D eigenvalue weighted by atomic mass is 16.5. The number of furan rings is 1. The molecule has 0 aliphatic carbocycles. The fraction of sp³-hybridized carbons (Fsp3) is 0.269. The fourth-order valence-corrected chi connectivity index (χ4v) is 4.19. The molecule has 0 atom stereocenters. The van der Waals surface area contributed by atoms with Gasteiger partial charge in [-0.3, -0.25) is 14.3 Å². The van der Waals surface area contributed by atoms with Crippen molar-refractivity contribution in [3.63, 3.8) is 0 Å². The number of pyridine rings is 1. The molecule has 0 fully saturated rings. The first-order valence-electron chi connectivity index (χ1n) is 10.8. The minimum atomic E-state index is -0.132. The van der Waals surface area contributed by atoms with Crippen molar-refractivity contribution < 1.29 is 9.15 Å². The standard InChI is InChI=1S/C26H26N2O3/c1-18(2)27-12-11-24-23(16-27)22-9-8-20(14-25(22)31-24)28-13-10-21(15-26(28)29)30-17-19-6-4-3-5-7-19/h3-10,13-15,18H,11-12,16-17H2,1-2H3. The van der Waals surface area contributed by atoms with Gasteiger partial charge in [0.25, 0.3) is 5.56 Å². The minimum absolute atomic E-state index is 0.132. The molecule has 3 heterocycles. The Hall–Kier alpha value is -3.31. The van der Waals surface area contributed by atoms with Crippen LogP contribution in [0, 0.1) is 0 Å². The van der Waals surface area contributed by atoms with Gasteiger partial charge in [0.2, 0.25) is 0 Å². The molecule has 5 nitrogen and oxygen atoms in total. The van der Waals surface area contributed by atoms with Crippen LogP contribution in [0.1, 0.15) is 30.7 Å². The molecule has 0 radical (unpaired) electrons. The molecule has 5 rings (SSSR count). The van der Waals surface area contributed by atoms with Crippen molar-refractivity contribution in [2.45, 2.75) is 39.5 Å². The summed E-state index contributed by atoms with van der Waals surface area (Å²) in [4.78, 5) is 15.2. The minimum Gasteiger partial charge on any atom is -0.489 e. The van der Waals surface area contributed by atoms with Crippen LogP contribution in [0.25, 0.3) is 16.7 Å². The third-order valence-corrected chi connectivity index (χ3v) is 6.00. The van der Waals surface area contributed by atoms with Crippen molar-refractivity contribution >= 4 is 11.0 Å². The van der Waals surface area contributed by atoms with Gasteiger partial charge in [-0.25, -0.2) is 0 Å². The SMILES string of the molecule is CC(C)N1CCc2oc3cc(-n4ccc(OCc5ccccc5)cc4=O)ccc3c2C1. The summed E-state index contributed by atoms with van der Waals surface area (Å²) < 4.78 is 13.6. The van der Waals surface area contributed by atoms with Crippen LogP contribution < -0.4 is 10.3 Å². The van der Waals surface area contributed by atoms with E-state index in [9.17, 15) is 4.79 Å². The molecule has 0 saturated carbocycles. The molecule has 1 aliphatic rings. The van der Waals surface area contributed by atoms with E-state index in [1.165, 1.54) is 11.6 Å². The van der Waals surface area contributed by atoms with Crippen molar-refractivity contribution in [1.29, 1.82) is 0 Å². The summed E-state index contributed by atoms with van der Waals surface area (Å²) in [6, 6.07) is 19.8. The molecule has 158 valence electrons. The molecule has 2 aromatic heterocycles. The number of aromatic nitrogens is 1. The molecular formula is C26H26N2O3. The van der Waals surface area contributed by atoms with Crippen LogP contribution in [0.3, 0.4) is 0 Å². The summed E-state index contributed by atoms with van der Waals surface area (Å²) in [6.07, 6.45) is 2.68. The van der Waals surface area contributed by atoms with E-state index in [2.05, 4.69) is 24.8 Å². The molecule has 31 heavy (non-hydrogen) atoms.